The Bertz CT molecular complexity index is 811. The van der Waals surface area contributed by atoms with Crippen molar-refractivity contribution in [2.24, 2.45) is 0 Å². The number of alkyl halides is 2. The molecule has 2 aromatic rings. The van der Waals surface area contributed by atoms with E-state index in [4.69, 9.17) is 4.74 Å². The van der Waals surface area contributed by atoms with Crippen LogP contribution in [0, 0.1) is 0 Å². The molecule has 1 unspecified atom stereocenters. The van der Waals surface area contributed by atoms with Crippen LogP contribution < -0.4 is 0 Å². The summed E-state index contributed by atoms with van der Waals surface area (Å²) in [5.74, 6) is -2.81. The number of nitrogens with zero attached hydrogens (tertiary/aromatic N) is 2. The molecule has 4 nitrogen and oxygen atoms in total. The van der Waals surface area contributed by atoms with Crippen molar-refractivity contribution in [2.45, 2.75) is 31.4 Å². The maximum absolute atomic E-state index is 13.3. The van der Waals surface area contributed by atoms with E-state index in [2.05, 4.69) is 35.2 Å². The topological polar surface area (TPSA) is 32.8 Å². The number of hydrogen-bond acceptors (Lipinski definition) is 3. The summed E-state index contributed by atoms with van der Waals surface area (Å²) in [4.78, 5) is 16.4. The lowest BCUT2D eigenvalue weighted by Gasteiger charge is -2.37. The first-order valence-electron chi connectivity index (χ1n) is 9.49. The van der Waals surface area contributed by atoms with Crippen LogP contribution in [-0.2, 0) is 16.1 Å². The van der Waals surface area contributed by atoms with Gasteiger partial charge in [0, 0.05) is 45.6 Å². The molecule has 1 amide bonds. The van der Waals surface area contributed by atoms with Crippen LogP contribution in [0.25, 0.3) is 10.8 Å². The Morgan fingerprint density at radius 1 is 1.07 bits per heavy atom. The van der Waals surface area contributed by atoms with Crippen LogP contribution in [0.2, 0.25) is 0 Å². The molecule has 2 fully saturated rings. The predicted octanol–water partition coefficient (Wildman–Crippen LogP) is 3.30. The minimum Gasteiger partial charge on any atom is -0.366 e. The van der Waals surface area contributed by atoms with Gasteiger partial charge in [-0.2, -0.15) is 0 Å². The van der Waals surface area contributed by atoms with E-state index in [9.17, 15) is 13.6 Å². The average Bonchev–Trinajstić information content (AvgIpc) is 2.68. The summed E-state index contributed by atoms with van der Waals surface area (Å²) in [6, 6.07) is 14.5. The van der Waals surface area contributed by atoms with E-state index in [-0.39, 0.29) is 31.8 Å². The minimum absolute atomic E-state index is 0.106. The summed E-state index contributed by atoms with van der Waals surface area (Å²) in [5.41, 5.74) is 1.22. The molecule has 0 N–H and O–H groups in total. The average molecular weight is 374 g/mol. The Balaban J connectivity index is 1.41. The van der Waals surface area contributed by atoms with Gasteiger partial charge in [0.25, 0.3) is 11.8 Å². The molecule has 6 heteroatoms. The van der Waals surface area contributed by atoms with Gasteiger partial charge in [-0.25, -0.2) is 8.78 Å². The van der Waals surface area contributed by atoms with Gasteiger partial charge in [-0.1, -0.05) is 42.5 Å². The second-order valence-electron chi connectivity index (χ2n) is 7.41. The number of carbonyl (C=O) groups excluding carboxylic acids is 1. The van der Waals surface area contributed by atoms with Gasteiger partial charge in [-0.05, 0) is 16.3 Å². The second kappa shape index (κ2) is 7.52. The van der Waals surface area contributed by atoms with E-state index in [1.54, 1.807) is 0 Å². The number of fused-ring (bicyclic) bond motifs is 1. The number of morpholine rings is 1. The molecule has 2 heterocycles. The molecule has 0 aliphatic carbocycles. The van der Waals surface area contributed by atoms with Crippen LogP contribution in [0.3, 0.4) is 0 Å². The maximum atomic E-state index is 13.3. The molecule has 2 aliphatic heterocycles. The third kappa shape index (κ3) is 4.12. The molecule has 0 spiro atoms. The van der Waals surface area contributed by atoms with Crippen molar-refractivity contribution in [2.75, 3.05) is 32.8 Å². The number of hydrogen-bond donors (Lipinski definition) is 0. The van der Waals surface area contributed by atoms with Gasteiger partial charge in [-0.3, -0.25) is 9.69 Å². The molecule has 2 saturated heterocycles. The highest BCUT2D eigenvalue weighted by atomic mass is 19.3. The van der Waals surface area contributed by atoms with Crippen molar-refractivity contribution >= 4 is 16.7 Å². The fraction of sp³-hybridized carbons (Fsp3) is 0.476. The van der Waals surface area contributed by atoms with Gasteiger partial charge in [0.15, 0.2) is 0 Å². The molecule has 0 radical (unpaired) electrons. The number of amides is 1. The van der Waals surface area contributed by atoms with Crippen LogP contribution in [-0.4, -0.2) is 60.5 Å². The molecule has 0 bridgehead atoms. The number of benzene rings is 2. The summed E-state index contributed by atoms with van der Waals surface area (Å²) in [6.45, 7) is 2.68. The first-order chi connectivity index (χ1) is 13.0. The van der Waals surface area contributed by atoms with Crippen molar-refractivity contribution in [1.82, 2.24) is 9.80 Å². The zero-order valence-electron chi connectivity index (χ0n) is 15.2. The molecular formula is C21H24F2N2O2. The highest BCUT2D eigenvalue weighted by Gasteiger charge is 2.38. The quantitative estimate of drug-likeness (QED) is 0.827. The lowest BCUT2D eigenvalue weighted by molar-refractivity contribution is -0.155. The molecular weight excluding hydrogens is 350 g/mol. The van der Waals surface area contributed by atoms with Crippen LogP contribution in [0.15, 0.2) is 42.5 Å². The number of piperidine rings is 1. The second-order valence-corrected chi connectivity index (χ2v) is 7.41. The van der Waals surface area contributed by atoms with Gasteiger partial charge in [-0.15, -0.1) is 0 Å². The Morgan fingerprint density at radius 2 is 1.81 bits per heavy atom. The molecule has 2 aliphatic rings. The number of ether oxygens (including phenoxy) is 1. The first kappa shape index (κ1) is 18.3. The van der Waals surface area contributed by atoms with Gasteiger partial charge >= 0.3 is 0 Å². The van der Waals surface area contributed by atoms with E-state index in [1.807, 2.05) is 12.1 Å². The number of halogens is 2. The van der Waals surface area contributed by atoms with Crippen molar-refractivity contribution in [1.29, 1.82) is 0 Å². The standard InChI is InChI=1S/C21H24F2N2O2/c22-21(23)8-10-25(11-9-21)20(26)19-15-24(12-13-27-19)14-17-6-3-5-16-4-1-2-7-18(16)17/h1-7,19H,8-15H2. The molecule has 0 aromatic heterocycles. The van der Waals surface area contributed by atoms with E-state index < -0.39 is 12.0 Å². The van der Waals surface area contributed by atoms with Crippen molar-refractivity contribution < 1.29 is 18.3 Å². The van der Waals surface area contributed by atoms with Crippen molar-refractivity contribution in [3.8, 4) is 0 Å². The van der Waals surface area contributed by atoms with Crippen molar-refractivity contribution in [3.05, 3.63) is 48.0 Å². The zero-order valence-corrected chi connectivity index (χ0v) is 15.2. The van der Waals surface area contributed by atoms with E-state index in [1.165, 1.54) is 21.2 Å². The first-order valence-corrected chi connectivity index (χ1v) is 9.49. The normalized spacial score (nSPS) is 23.5. The minimum atomic E-state index is -2.65. The molecule has 144 valence electrons. The van der Waals surface area contributed by atoms with Crippen molar-refractivity contribution in [3.63, 3.8) is 0 Å². The zero-order chi connectivity index (χ0) is 18.9. The lowest BCUT2D eigenvalue weighted by atomic mass is 10.0. The SMILES string of the molecule is O=C(C1CN(Cc2cccc3ccccc23)CCO1)N1CCC(F)(F)CC1. The molecule has 0 saturated carbocycles. The van der Waals surface area contributed by atoms with Gasteiger partial charge < -0.3 is 9.64 Å². The fourth-order valence-corrected chi connectivity index (χ4v) is 3.92. The van der Waals surface area contributed by atoms with E-state index in [0.29, 0.717) is 13.2 Å². The van der Waals surface area contributed by atoms with Gasteiger partial charge in [0.1, 0.15) is 6.10 Å². The third-order valence-electron chi connectivity index (χ3n) is 5.51. The number of likely N-dealkylation sites (tertiary alicyclic amines) is 1. The smallest absolute Gasteiger partial charge is 0.253 e. The van der Waals surface area contributed by atoms with Gasteiger partial charge in [0.05, 0.1) is 6.61 Å². The maximum Gasteiger partial charge on any atom is 0.253 e. The van der Waals surface area contributed by atoms with Crippen LogP contribution in [0.4, 0.5) is 8.78 Å². The Morgan fingerprint density at radius 3 is 2.63 bits per heavy atom. The summed E-state index contributed by atoms with van der Waals surface area (Å²) < 4.78 is 32.4. The molecule has 4 rings (SSSR count). The number of rotatable bonds is 3. The van der Waals surface area contributed by atoms with Crippen LogP contribution in [0.5, 0.6) is 0 Å². The lowest BCUT2D eigenvalue weighted by Crippen LogP contribution is -2.53. The van der Waals surface area contributed by atoms with E-state index in [0.717, 1.165) is 13.1 Å². The molecule has 2 aromatic carbocycles. The summed E-state index contributed by atoms with van der Waals surface area (Å²) >= 11 is 0. The Hall–Kier alpha value is -2.05. The summed E-state index contributed by atoms with van der Waals surface area (Å²) in [5, 5.41) is 2.41. The van der Waals surface area contributed by atoms with E-state index >= 15 is 0 Å². The predicted molar refractivity (Wildman–Crippen MR) is 99.7 cm³/mol. The molecule has 27 heavy (non-hydrogen) atoms. The Labute approximate surface area is 157 Å². The molecule has 1 atom stereocenters. The highest BCUT2D eigenvalue weighted by molar-refractivity contribution is 5.85. The monoisotopic (exact) mass is 374 g/mol. The third-order valence-corrected chi connectivity index (χ3v) is 5.51. The summed E-state index contributed by atoms with van der Waals surface area (Å²) in [6.07, 6.45) is -1.09. The van der Waals surface area contributed by atoms with Crippen LogP contribution in [0.1, 0.15) is 18.4 Å². The largest absolute Gasteiger partial charge is 0.366 e. The fourth-order valence-electron chi connectivity index (χ4n) is 3.92. The van der Waals surface area contributed by atoms with Gasteiger partial charge in [0.2, 0.25) is 0 Å². The Kier molecular flexibility index (Phi) is 5.10. The summed E-state index contributed by atoms with van der Waals surface area (Å²) in [7, 11) is 0. The highest BCUT2D eigenvalue weighted by Crippen LogP contribution is 2.28. The number of carbonyl (C=O) groups is 1. The van der Waals surface area contributed by atoms with Crippen LogP contribution >= 0.6 is 0 Å².